The van der Waals surface area contributed by atoms with Gasteiger partial charge < -0.3 is 19.3 Å². The van der Waals surface area contributed by atoms with Gasteiger partial charge >= 0.3 is 12.5 Å². The molecule has 0 saturated carbocycles. The van der Waals surface area contributed by atoms with Crippen LogP contribution in [0.1, 0.15) is 55.4 Å². The highest BCUT2D eigenvalue weighted by atomic mass is 19.4. The van der Waals surface area contributed by atoms with Gasteiger partial charge in [0.1, 0.15) is 11.4 Å². The van der Waals surface area contributed by atoms with Gasteiger partial charge in [-0.2, -0.15) is 0 Å². The molecule has 1 rings (SSSR count). The van der Waals surface area contributed by atoms with E-state index in [0.717, 1.165) is 0 Å². The van der Waals surface area contributed by atoms with Gasteiger partial charge in [-0.15, -0.1) is 13.2 Å². The molecule has 1 aliphatic rings. The molecule has 6 nitrogen and oxygen atoms in total. The second-order valence-electron chi connectivity index (χ2n) is 8.54. The fourth-order valence-corrected chi connectivity index (χ4v) is 3.51. The van der Waals surface area contributed by atoms with Crippen molar-refractivity contribution in [1.82, 2.24) is 9.80 Å². The van der Waals surface area contributed by atoms with Crippen LogP contribution in [0.2, 0.25) is 0 Å². The fourth-order valence-electron chi connectivity index (χ4n) is 3.51. The fraction of sp³-hybridized carbons (Fsp3) is 0.636. The Bertz CT molecular complexity index is 764. The summed E-state index contributed by atoms with van der Waals surface area (Å²) >= 11 is 0. The summed E-state index contributed by atoms with van der Waals surface area (Å²) in [5, 5.41) is 0. The van der Waals surface area contributed by atoms with Crippen molar-refractivity contribution in [1.29, 1.82) is 0 Å². The molecule has 0 bridgehead atoms. The largest absolute Gasteiger partial charge is 0.573 e. The number of aliphatic imine (C=N–C) groups is 1. The molecule has 1 fully saturated rings. The number of alkyl halides is 3. The summed E-state index contributed by atoms with van der Waals surface area (Å²) < 4.78 is 48.8. The normalized spacial score (nSPS) is 22.2. The second kappa shape index (κ2) is 10.2. The van der Waals surface area contributed by atoms with Crippen molar-refractivity contribution in [2.24, 2.45) is 4.99 Å². The van der Waals surface area contributed by atoms with Crippen LogP contribution in [0.25, 0.3) is 0 Å². The topological polar surface area (TPSA) is 54.4 Å². The molecule has 1 aliphatic heterocycles. The molecule has 1 amide bonds. The van der Waals surface area contributed by atoms with Gasteiger partial charge in [-0.05, 0) is 61.5 Å². The van der Waals surface area contributed by atoms with Crippen LogP contribution in [0.5, 0.6) is 0 Å². The SMILES string of the molecule is C=CN=C(C)C(=C(\C)N1CC(C)N(C(=O)OC(C)(C)C)C[C@@H]1C)/C(=C\C)OC(F)(F)F. The van der Waals surface area contributed by atoms with Crippen LogP contribution in [0.3, 0.4) is 0 Å². The molecule has 176 valence electrons. The summed E-state index contributed by atoms with van der Waals surface area (Å²) in [7, 11) is 0. The third-order valence-electron chi connectivity index (χ3n) is 4.79. The predicted molar refractivity (Wildman–Crippen MR) is 115 cm³/mol. The summed E-state index contributed by atoms with van der Waals surface area (Å²) in [6, 6.07) is -0.379. The number of carbonyl (C=O) groups is 1. The first kappa shape index (κ1) is 26.6. The van der Waals surface area contributed by atoms with Crippen LogP contribution in [-0.4, -0.2) is 58.7 Å². The van der Waals surface area contributed by atoms with Gasteiger partial charge in [0.05, 0.1) is 5.57 Å². The van der Waals surface area contributed by atoms with Crippen molar-refractivity contribution in [3.63, 3.8) is 0 Å². The van der Waals surface area contributed by atoms with Crippen LogP contribution in [0.15, 0.2) is 40.9 Å². The second-order valence-corrected chi connectivity index (χ2v) is 8.54. The maximum Gasteiger partial charge on any atom is 0.573 e. The monoisotopic (exact) mass is 445 g/mol. The van der Waals surface area contributed by atoms with Crippen molar-refractivity contribution in [3.8, 4) is 0 Å². The molecule has 0 aromatic rings. The number of allylic oxidation sites excluding steroid dienone is 3. The Morgan fingerprint density at radius 2 is 1.58 bits per heavy atom. The molecule has 31 heavy (non-hydrogen) atoms. The molecular weight excluding hydrogens is 411 g/mol. The van der Waals surface area contributed by atoms with E-state index in [9.17, 15) is 18.0 Å². The Hall–Kier alpha value is -2.45. The highest BCUT2D eigenvalue weighted by molar-refractivity contribution is 6.02. The van der Waals surface area contributed by atoms with Gasteiger partial charge in [-0.1, -0.05) is 6.58 Å². The van der Waals surface area contributed by atoms with Gasteiger partial charge in [0.15, 0.2) is 0 Å². The molecule has 0 radical (unpaired) electrons. The minimum atomic E-state index is -4.84. The number of nitrogens with zero attached hydrogens (tertiary/aromatic N) is 3. The maximum absolute atomic E-state index is 13.0. The van der Waals surface area contributed by atoms with Gasteiger partial charge in [-0.3, -0.25) is 4.99 Å². The van der Waals surface area contributed by atoms with Crippen LogP contribution < -0.4 is 0 Å². The average Bonchev–Trinajstić information content (AvgIpc) is 2.60. The third kappa shape index (κ3) is 7.63. The van der Waals surface area contributed by atoms with E-state index in [1.165, 1.54) is 19.2 Å². The number of halogens is 3. The van der Waals surface area contributed by atoms with Crippen molar-refractivity contribution >= 4 is 11.8 Å². The molecule has 1 unspecified atom stereocenters. The molecule has 9 heteroatoms. The predicted octanol–water partition coefficient (Wildman–Crippen LogP) is 5.63. The van der Waals surface area contributed by atoms with Gasteiger partial charge in [0, 0.05) is 42.8 Å². The maximum atomic E-state index is 13.0. The molecule has 1 saturated heterocycles. The lowest BCUT2D eigenvalue weighted by Gasteiger charge is -2.46. The summed E-state index contributed by atoms with van der Waals surface area (Å²) in [6.07, 6.45) is -2.71. The first-order chi connectivity index (χ1) is 14.1. The summed E-state index contributed by atoms with van der Waals surface area (Å²) in [4.78, 5) is 20.3. The molecular formula is C22H34F3N3O3. The zero-order valence-electron chi connectivity index (χ0n) is 19.6. The Kier molecular flexibility index (Phi) is 8.78. The van der Waals surface area contributed by atoms with Crippen LogP contribution in [0, 0.1) is 0 Å². The number of rotatable bonds is 5. The Labute approximate surface area is 183 Å². The Morgan fingerprint density at radius 3 is 2.03 bits per heavy atom. The number of ether oxygens (including phenoxy) is 2. The average molecular weight is 446 g/mol. The summed E-state index contributed by atoms with van der Waals surface area (Å²) in [6.45, 7) is 18.3. The highest BCUT2D eigenvalue weighted by Crippen LogP contribution is 2.31. The number of carbonyl (C=O) groups excluding carboxylic acids is 1. The van der Waals surface area contributed by atoms with E-state index in [0.29, 0.717) is 24.5 Å². The summed E-state index contributed by atoms with van der Waals surface area (Å²) in [5.74, 6) is -0.331. The molecule has 0 N–H and O–H groups in total. The van der Waals surface area contributed by atoms with Crippen molar-refractivity contribution in [2.75, 3.05) is 13.1 Å². The highest BCUT2D eigenvalue weighted by Gasteiger charge is 2.37. The Morgan fingerprint density at radius 1 is 1.06 bits per heavy atom. The van der Waals surface area contributed by atoms with E-state index >= 15 is 0 Å². The number of piperazine rings is 1. The minimum absolute atomic E-state index is 0.167. The van der Waals surface area contributed by atoms with Crippen molar-refractivity contribution in [3.05, 3.63) is 35.9 Å². The van der Waals surface area contributed by atoms with E-state index in [1.807, 2.05) is 18.7 Å². The minimum Gasteiger partial charge on any atom is -0.444 e. The molecule has 2 atom stereocenters. The summed E-state index contributed by atoms with van der Waals surface area (Å²) in [5.41, 5.74) is 0.543. The van der Waals surface area contributed by atoms with Crippen LogP contribution >= 0.6 is 0 Å². The Balaban J connectivity index is 3.33. The van der Waals surface area contributed by atoms with Crippen molar-refractivity contribution < 1.29 is 27.4 Å². The van der Waals surface area contributed by atoms with Gasteiger partial charge in [-0.25, -0.2) is 4.79 Å². The van der Waals surface area contributed by atoms with E-state index < -0.39 is 18.1 Å². The van der Waals surface area contributed by atoms with Gasteiger partial charge in [0.2, 0.25) is 0 Å². The number of hydrogen-bond donors (Lipinski definition) is 0. The van der Waals surface area contributed by atoms with Crippen LogP contribution in [0.4, 0.5) is 18.0 Å². The van der Waals surface area contributed by atoms with E-state index in [2.05, 4.69) is 16.3 Å². The third-order valence-corrected chi connectivity index (χ3v) is 4.79. The zero-order valence-corrected chi connectivity index (χ0v) is 19.6. The van der Waals surface area contributed by atoms with E-state index in [4.69, 9.17) is 4.74 Å². The van der Waals surface area contributed by atoms with Crippen molar-refractivity contribution in [2.45, 2.75) is 79.4 Å². The first-order valence-corrected chi connectivity index (χ1v) is 10.2. The molecule has 0 spiro atoms. The van der Waals surface area contributed by atoms with E-state index in [1.54, 1.807) is 39.5 Å². The lowest BCUT2D eigenvalue weighted by atomic mass is 10.0. The zero-order chi connectivity index (χ0) is 24.1. The lowest BCUT2D eigenvalue weighted by molar-refractivity contribution is -0.303. The standard InChI is InChI=1S/C22H34F3N3O3/c1-10-18(30-22(23,24)25)19(16(5)26-11-2)17(6)27-12-15(4)28(13-14(27)3)20(29)31-21(7,8)9/h10-11,14-15H,2,12-13H2,1,3-9H3/b18-10+,19-17-,26-16?/t14-,15?/m0/s1. The first-order valence-electron chi connectivity index (χ1n) is 10.2. The lowest BCUT2D eigenvalue weighted by Crippen LogP contribution is -2.58. The molecule has 0 aromatic carbocycles. The molecule has 0 aliphatic carbocycles. The number of hydrogen-bond acceptors (Lipinski definition) is 5. The quantitative estimate of drug-likeness (QED) is 0.312. The number of amides is 1. The van der Waals surface area contributed by atoms with Gasteiger partial charge in [0.25, 0.3) is 0 Å². The van der Waals surface area contributed by atoms with E-state index in [-0.39, 0.29) is 23.4 Å². The van der Waals surface area contributed by atoms with Crippen LogP contribution in [-0.2, 0) is 9.47 Å². The molecule has 1 heterocycles. The smallest absolute Gasteiger partial charge is 0.444 e. The molecule has 0 aromatic heterocycles.